The highest BCUT2D eigenvalue weighted by molar-refractivity contribution is 7.10. The molecule has 1 aliphatic rings. The second-order valence-corrected chi connectivity index (χ2v) is 6.75. The number of rotatable bonds is 2. The first-order valence-electron chi connectivity index (χ1n) is 7.21. The van der Waals surface area contributed by atoms with Crippen molar-refractivity contribution in [1.29, 1.82) is 0 Å². The van der Waals surface area contributed by atoms with Gasteiger partial charge in [-0.1, -0.05) is 48.0 Å². The zero-order valence-electron chi connectivity index (χ0n) is 11.8. The number of hydrogen-bond donors (Lipinski definition) is 2. The normalized spacial score (nSPS) is 20.2. The Bertz CT molecular complexity index is 771. The highest BCUT2D eigenvalue weighted by Gasteiger charge is 2.28. The van der Waals surface area contributed by atoms with Gasteiger partial charge in [0.2, 0.25) is 0 Å². The molecule has 22 heavy (non-hydrogen) atoms. The van der Waals surface area contributed by atoms with Gasteiger partial charge in [0.15, 0.2) is 0 Å². The number of thiophene rings is 1. The van der Waals surface area contributed by atoms with Crippen LogP contribution in [0.2, 0.25) is 5.02 Å². The van der Waals surface area contributed by atoms with Crippen LogP contribution >= 0.6 is 22.9 Å². The summed E-state index contributed by atoms with van der Waals surface area (Å²) in [7, 11) is 0. The number of halogens is 1. The zero-order chi connectivity index (χ0) is 14.9. The Morgan fingerprint density at radius 2 is 1.82 bits per heavy atom. The Morgan fingerprint density at radius 3 is 2.59 bits per heavy atom. The standard InChI is InChI=1S/C18H15ClN2S/c19-13-8-9-15-14(11-13)17(12-5-2-1-3-6-12)21-18(20-15)16-7-4-10-22-16/h1-11,17-18,20-21H/t17-,18+/m1/s1. The van der Waals surface area contributed by atoms with Crippen molar-refractivity contribution in [3.05, 3.63) is 87.1 Å². The molecule has 3 aromatic rings. The summed E-state index contributed by atoms with van der Waals surface area (Å²) in [4.78, 5) is 1.28. The molecule has 0 bridgehead atoms. The fourth-order valence-corrected chi connectivity index (χ4v) is 3.80. The molecule has 2 nitrogen and oxygen atoms in total. The second-order valence-electron chi connectivity index (χ2n) is 5.33. The maximum atomic E-state index is 6.21. The fourth-order valence-electron chi connectivity index (χ4n) is 2.89. The first-order chi connectivity index (χ1) is 10.8. The molecule has 2 aromatic carbocycles. The van der Waals surface area contributed by atoms with E-state index in [2.05, 4.69) is 58.5 Å². The molecule has 0 fully saturated rings. The average molecular weight is 327 g/mol. The van der Waals surface area contributed by atoms with Gasteiger partial charge in [0, 0.05) is 15.6 Å². The van der Waals surface area contributed by atoms with Gasteiger partial charge in [0.25, 0.3) is 0 Å². The average Bonchev–Trinajstić information content (AvgIpc) is 3.09. The highest BCUT2D eigenvalue weighted by Crippen LogP contribution is 2.38. The van der Waals surface area contributed by atoms with Crippen molar-refractivity contribution in [2.24, 2.45) is 0 Å². The Kier molecular flexibility index (Phi) is 3.62. The minimum absolute atomic E-state index is 0.110. The van der Waals surface area contributed by atoms with E-state index in [1.54, 1.807) is 11.3 Å². The van der Waals surface area contributed by atoms with Crippen molar-refractivity contribution in [2.75, 3.05) is 5.32 Å². The summed E-state index contributed by atoms with van der Waals surface area (Å²) in [5.41, 5.74) is 3.57. The molecular weight excluding hydrogens is 312 g/mol. The van der Waals surface area contributed by atoms with E-state index in [-0.39, 0.29) is 12.2 Å². The molecule has 1 aliphatic heterocycles. The van der Waals surface area contributed by atoms with Crippen LogP contribution in [0.4, 0.5) is 5.69 Å². The second kappa shape index (κ2) is 5.76. The van der Waals surface area contributed by atoms with Crippen molar-refractivity contribution in [3.8, 4) is 0 Å². The maximum absolute atomic E-state index is 6.21. The summed E-state index contributed by atoms with van der Waals surface area (Å²) in [6, 6.07) is 20.9. The van der Waals surface area contributed by atoms with Gasteiger partial charge in [0.1, 0.15) is 6.17 Å². The van der Waals surface area contributed by atoms with E-state index in [9.17, 15) is 0 Å². The van der Waals surface area contributed by atoms with Gasteiger partial charge in [-0.15, -0.1) is 11.3 Å². The predicted molar refractivity (Wildman–Crippen MR) is 93.6 cm³/mol. The lowest BCUT2D eigenvalue weighted by Gasteiger charge is -2.34. The molecule has 0 spiro atoms. The van der Waals surface area contributed by atoms with E-state index < -0.39 is 0 Å². The summed E-state index contributed by atoms with van der Waals surface area (Å²) in [6.45, 7) is 0. The molecule has 110 valence electrons. The smallest absolute Gasteiger partial charge is 0.113 e. The minimum Gasteiger partial charge on any atom is -0.365 e. The first-order valence-corrected chi connectivity index (χ1v) is 8.47. The summed E-state index contributed by atoms with van der Waals surface area (Å²) < 4.78 is 0. The summed E-state index contributed by atoms with van der Waals surface area (Å²) in [5, 5.41) is 10.1. The van der Waals surface area contributed by atoms with Crippen molar-refractivity contribution in [3.63, 3.8) is 0 Å². The van der Waals surface area contributed by atoms with Crippen molar-refractivity contribution >= 4 is 28.6 Å². The predicted octanol–water partition coefficient (Wildman–Crippen LogP) is 5.20. The van der Waals surface area contributed by atoms with E-state index in [0.29, 0.717) is 0 Å². The lowest BCUT2D eigenvalue weighted by molar-refractivity contribution is 0.512. The fraction of sp³-hybridized carbons (Fsp3) is 0.111. The third-order valence-corrected chi connectivity index (χ3v) is 5.09. The van der Waals surface area contributed by atoms with Crippen LogP contribution < -0.4 is 10.6 Å². The van der Waals surface area contributed by atoms with Gasteiger partial charge in [0.05, 0.1) is 6.04 Å². The number of anilines is 1. The number of fused-ring (bicyclic) bond motifs is 1. The first kappa shape index (κ1) is 13.8. The van der Waals surface area contributed by atoms with Gasteiger partial charge in [-0.05, 0) is 40.8 Å². The number of hydrogen-bond acceptors (Lipinski definition) is 3. The Hall–Kier alpha value is -1.81. The van der Waals surface area contributed by atoms with Crippen LogP contribution in [-0.2, 0) is 0 Å². The molecule has 0 amide bonds. The summed E-state index contributed by atoms with van der Waals surface area (Å²) in [6.07, 6.45) is 0.110. The molecule has 4 rings (SSSR count). The third kappa shape index (κ3) is 2.52. The van der Waals surface area contributed by atoms with Crippen LogP contribution in [0.3, 0.4) is 0 Å². The Morgan fingerprint density at radius 1 is 0.955 bits per heavy atom. The van der Waals surface area contributed by atoms with Gasteiger partial charge in [-0.25, -0.2) is 0 Å². The zero-order valence-corrected chi connectivity index (χ0v) is 13.4. The highest BCUT2D eigenvalue weighted by atomic mass is 35.5. The molecule has 0 aliphatic carbocycles. The maximum Gasteiger partial charge on any atom is 0.113 e. The topological polar surface area (TPSA) is 24.1 Å². The van der Waals surface area contributed by atoms with Crippen LogP contribution in [0.1, 0.15) is 28.2 Å². The van der Waals surface area contributed by atoms with Gasteiger partial charge in [-0.2, -0.15) is 0 Å². The van der Waals surface area contributed by atoms with Crippen LogP contribution in [0.25, 0.3) is 0 Å². The molecule has 4 heteroatoms. The molecule has 2 atom stereocenters. The van der Waals surface area contributed by atoms with Crippen molar-refractivity contribution < 1.29 is 0 Å². The molecule has 0 saturated heterocycles. The van der Waals surface area contributed by atoms with Crippen LogP contribution in [0.15, 0.2) is 66.0 Å². The van der Waals surface area contributed by atoms with Crippen LogP contribution in [-0.4, -0.2) is 0 Å². The minimum atomic E-state index is 0.110. The molecule has 0 saturated carbocycles. The monoisotopic (exact) mass is 326 g/mol. The van der Waals surface area contributed by atoms with E-state index in [0.717, 1.165) is 10.7 Å². The Labute approximate surface area is 138 Å². The van der Waals surface area contributed by atoms with E-state index in [1.807, 2.05) is 18.2 Å². The molecule has 2 heterocycles. The van der Waals surface area contributed by atoms with Gasteiger partial charge >= 0.3 is 0 Å². The van der Waals surface area contributed by atoms with Crippen LogP contribution in [0, 0.1) is 0 Å². The molecule has 1 aromatic heterocycles. The molecule has 2 N–H and O–H groups in total. The van der Waals surface area contributed by atoms with E-state index in [1.165, 1.54) is 16.0 Å². The lowest BCUT2D eigenvalue weighted by Crippen LogP contribution is -2.36. The summed E-state index contributed by atoms with van der Waals surface area (Å²) >= 11 is 7.97. The largest absolute Gasteiger partial charge is 0.365 e. The number of benzene rings is 2. The van der Waals surface area contributed by atoms with Crippen LogP contribution in [0.5, 0.6) is 0 Å². The van der Waals surface area contributed by atoms with Gasteiger partial charge < -0.3 is 5.32 Å². The molecule has 0 unspecified atom stereocenters. The SMILES string of the molecule is Clc1ccc2c(c1)[C@@H](c1ccccc1)N[C@@H](c1cccs1)N2. The molecule has 0 radical (unpaired) electrons. The van der Waals surface area contributed by atoms with E-state index >= 15 is 0 Å². The lowest BCUT2D eigenvalue weighted by atomic mass is 9.94. The third-order valence-electron chi connectivity index (χ3n) is 3.92. The quantitative estimate of drug-likeness (QED) is 0.676. The van der Waals surface area contributed by atoms with Crippen molar-refractivity contribution in [1.82, 2.24) is 5.32 Å². The van der Waals surface area contributed by atoms with E-state index in [4.69, 9.17) is 11.6 Å². The number of nitrogens with one attached hydrogen (secondary N) is 2. The van der Waals surface area contributed by atoms with Gasteiger partial charge in [-0.3, -0.25) is 5.32 Å². The summed E-state index contributed by atoms with van der Waals surface area (Å²) in [5.74, 6) is 0. The van der Waals surface area contributed by atoms with Crippen molar-refractivity contribution in [2.45, 2.75) is 12.2 Å². The Balaban J connectivity index is 1.80. The molecular formula is C18H15ClN2S.